The highest BCUT2D eigenvalue weighted by Crippen LogP contribution is 2.28. The van der Waals surface area contributed by atoms with E-state index in [2.05, 4.69) is 10.9 Å². The lowest BCUT2D eigenvalue weighted by atomic mass is 9.97. The highest BCUT2D eigenvalue weighted by atomic mass is 32.1. The zero-order valence-corrected chi connectivity index (χ0v) is 18.6. The number of hydrazine groups is 1. The molecular weight excluding hydrogens is 418 g/mol. The van der Waals surface area contributed by atoms with E-state index in [-0.39, 0.29) is 23.6 Å². The van der Waals surface area contributed by atoms with Gasteiger partial charge in [0.25, 0.3) is 11.8 Å². The van der Waals surface area contributed by atoms with Crippen LogP contribution in [0.15, 0.2) is 23.6 Å². The monoisotopic (exact) mass is 445 g/mol. The molecule has 4 rings (SSSR count). The predicted octanol–water partition coefficient (Wildman–Crippen LogP) is 3.78. The molecule has 0 radical (unpaired) electrons. The molecule has 1 fully saturated rings. The lowest BCUT2D eigenvalue weighted by Gasteiger charge is -2.31. The molecule has 0 bridgehead atoms. The van der Waals surface area contributed by atoms with Crippen LogP contribution in [0, 0.1) is 5.92 Å². The van der Waals surface area contributed by atoms with Crippen molar-refractivity contribution < 1.29 is 14.4 Å². The number of amides is 3. The number of aryl methyl sites for hydroxylation is 2. The molecule has 2 aliphatic rings. The van der Waals surface area contributed by atoms with Crippen molar-refractivity contribution in [2.45, 2.75) is 51.4 Å². The molecule has 1 aliphatic carbocycles. The molecule has 0 saturated carbocycles. The van der Waals surface area contributed by atoms with E-state index in [0.717, 1.165) is 19.3 Å². The van der Waals surface area contributed by atoms with Crippen LogP contribution in [0.4, 0.5) is 0 Å². The van der Waals surface area contributed by atoms with E-state index in [1.165, 1.54) is 47.5 Å². The third kappa shape index (κ3) is 4.92. The maximum absolute atomic E-state index is 12.6. The van der Waals surface area contributed by atoms with E-state index < -0.39 is 0 Å². The Morgan fingerprint density at radius 1 is 1.00 bits per heavy atom. The number of carbonyl (C=O) groups is 3. The summed E-state index contributed by atoms with van der Waals surface area (Å²) in [5.74, 6) is -0.835. The molecule has 2 N–H and O–H groups in total. The molecule has 3 amide bonds. The van der Waals surface area contributed by atoms with Gasteiger partial charge >= 0.3 is 0 Å². The van der Waals surface area contributed by atoms with Gasteiger partial charge in [0.05, 0.1) is 15.7 Å². The van der Waals surface area contributed by atoms with Crippen LogP contribution in [0.1, 0.15) is 68.3 Å². The van der Waals surface area contributed by atoms with Crippen LogP contribution in [0.5, 0.6) is 0 Å². The van der Waals surface area contributed by atoms with Crippen molar-refractivity contribution in [3.8, 4) is 0 Å². The summed E-state index contributed by atoms with van der Waals surface area (Å²) < 4.78 is 0. The molecule has 1 unspecified atom stereocenters. The summed E-state index contributed by atoms with van der Waals surface area (Å²) in [6.45, 7) is 1.04. The quantitative estimate of drug-likeness (QED) is 0.706. The normalized spacial score (nSPS) is 19.3. The lowest BCUT2D eigenvalue weighted by Crippen LogP contribution is -2.49. The van der Waals surface area contributed by atoms with E-state index >= 15 is 0 Å². The largest absolute Gasteiger partial charge is 0.337 e. The molecule has 8 heteroatoms. The summed E-state index contributed by atoms with van der Waals surface area (Å²) in [4.78, 5) is 42.1. The van der Waals surface area contributed by atoms with Crippen molar-refractivity contribution in [3.63, 3.8) is 0 Å². The first kappa shape index (κ1) is 21.1. The second-order valence-corrected chi connectivity index (χ2v) is 10.1. The minimum Gasteiger partial charge on any atom is -0.337 e. The van der Waals surface area contributed by atoms with Crippen LogP contribution < -0.4 is 10.9 Å². The standard InChI is InChI=1S/C22H27N3O3S2/c26-20(16-8-5-11-25(14-16)22(28)18-10-6-12-29-18)23-24-21(27)19-13-15-7-3-1-2-4-9-17(15)30-19/h6,10,12-13,16H,1-5,7-9,11,14H2,(H,23,26)(H,24,27). The zero-order valence-electron chi connectivity index (χ0n) is 16.9. The van der Waals surface area contributed by atoms with E-state index in [9.17, 15) is 14.4 Å². The van der Waals surface area contributed by atoms with Gasteiger partial charge in [-0.3, -0.25) is 25.2 Å². The Labute approximate surface area is 184 Å². The van der Waals surface area contributed by atoms with Crippen LogP contribution in [0.3, 0.4) is 0 Å². The summed E-state index contributed by atoms with van der Waals surface area (Å²) in [6, 6.07) is 5.64. The average molecular weight is 446 g/mol. The Bertz CT molecular complexity index is 881. The summed E-state index contributed by atoms with van der Waals surface area (Å²) in [5.41, 5.74) is 6.44. The number of hydrogen-bond donors (Lipinski definition) is 2. The fraction of sp³-hybridized carbons (Fsp3) is 0.500. The van der Waals surface area contributed by atoms with Gasteiger partial charge in [-0.25, -0.2) is 0 Å². The van der Waals surface area contributed by atoms with Gasteiger partial charge in [-0.15, -0.1) is 22.7 Å². The molecule has 3 heterocycles. The average Bonchev–Trinajstić information content (AvgIpc) is 3.42. The molecular formula is C22H27N3O3S2. The molecule has 0 spiro atoms. The molecule has 1 saturated heterocycles. The highest BCUT2D eigenvalue weighted by Gasteiger charge is 2.29. The van der Waals surface area contributed by atoms with Crippen LogP contribution >= 0.6 is 22.7 Å². The van der Waals surface area contributed by atoms with Gasteiger partial charge in [-0.1, -0.05) is 18.9 Å². The van der Waals surface area contributed by atoms with E-state index in [1.807, 2.05) is 23.6 Å². The summed E-state index contributed by atoms with van der Waals surface area (Å²) >= 11 is 2.95. The molecule has 160 valence electrons. The van der Waals surface area contributed by atoms with Gasteiger partial charge in [0.1, 0.15) is 0 Å². The summed E-state index contributed by atoms with van der Waals surface area (Å²) in [5, 5.41) is 1.88. The van der Waals surface area contributed by atoms with E-state index in [4.69, 9.17) is 0 Å². The first-order valence-electron chi connectivity index (χ1n) is 10.7. The van der Waals surface area contributed by atoms with Crippen molar-refractivity contribution >= 4 is 40.4 Å². The molecule has 30 heavy (non-hydrogen) atoms. The van der Waals surface area contributed by atoms with Crippen molar-refractivity contribution in [2.24, 2.45) is 5.92 Å². The SMILES string of the molecule is O=C(NNC(=O)C1CCCN(C(=O)c2cccs2)C1)c1cc2c(s1)CCCCCC2. The Morgan fingerprint density at radius 2 is 1.83 bits per heavy atom. The Morgan fingerprint density at radius 3 is 2.63 bits per heavy atom. The fourth-order valence-electron chi connectivity index (χ4n) is 4.17. The van der Waals surface area contributed by atoms with Gasteiger partial charge in [0.2, 0.25) is 5.91 Å². The number of carbonyl (C=O) groups excluding carboxylic acids is 3. The third-order valence-electron chi connectivity index (χ3n) is 5.83. The molecule has 0 aromatic carbocycles. The van der Waals surface area contributed by atoms with Crippen molar-refractivity contribution in [1.82, 2.24) is 15.8 Å². The number of nitrogens with one attached hydrogen (secondary N) is 2. The molecule has 2 aromatic heterocycles. The van der Waals surface area contributed by atoms with Gasteiger partial charge in [0.15, 0.2) is 0 Å². The number of rotatable bonds is 3. The first-order chi connectivity index (χ1) is 14.6. The molecule has 1 aliphatic heterocycles. The van der Waals surface area contributed by atoms with Gasteiger partial charge in [-0.2, -0.15) is 0 Å². The maximum Gasteiger partial charge on any atom is 0.279 e. The van der Waals surface area contributed by atoms with E-state index in [1.54, 1.807) is 16.2 Å². The molecule has 6 nitrogen and oxygen atoms in total. The number of fused-ring (bicyclic) bond motifs is 1. The van der Waals surface area contributed by atoms with Gasteiger partial charge < -0.3 is 4.90 Å². The second-order valence-electron chi connectivity index (χ2n) is 7.98. The minimum absolute atomic E-state index is 0.0254. The number of thiophene rings is 2. The van der Waals surface area contributed by atoms with Crippen molar-refractivity contribution in [3.05, 3.63) is 43.8 Å². The van der Waals surface area contributed by atoms with Crippen LogP contribution in [-0.4, -0.2) is 35.7 Å². The van der Waals surface area contributed by atoms with Crippen LogP contribution in [0.2, 0.25) is 0 Å². The number of piperidine rings is 1. The van der Waals surface area contributed by atoms with Gasteiger partial charge in [0, 0.05) is 18.0 Å². The number of nitrogens with zero attached hydrogens (tertiary/aromatic N) is 1. The van der Waals surface area contributed by atoms with Crippen LogP contribution in [0.25, 0.3) is 0 Å². The summed E-state index contributed by atoms with van der Waals surface area (Å²) in [6.07, 6.45) is 8.40. The maximum atomic E-state index is 12.6. The highest BCUT2D eigenvalue weighted by molar-refractivity contribution is 7.14. The topological polar surface area (TPSA) is 78.5 Å². The fourth-order valence-corrected chi connectivity index (χ4v) is 6.01. The predicted molar refractivity (Wildman–Crippen MR) is 119 cm³/mol. The number of likely N-dealkylation sites (tertiary alicyclic amines) is 1. The lowest BCUT2D eigenvalue weighted by molar-refractivity contribution is -0.127. The zero-order chi connectivity index (χ0) is 20.9. The smallest absolute Gasteiger partial charge is 0.279 e. The molecule has 2 aromatic rings. The minimum atomic E-state index is -0.313. The Hall–Kier alpha value is -2.19. The van der Waals surface area contributed by atoms with E-state index in [0.29, 0.717) is 29.3 Å². The van der Waals surface area contributed by atoms with Crippen molar-refractivity contribution in [2.75, 3.05) is 13.1 Å². The Balaban J connectivity index is 1.31. The third-order valence-corrected chi connectivity index (χ3v) is 7.92. The van der Waals surface area contributed by atoms with Gasteiger partial charge in [-0.05, 0) is 61.6 Å². The second kappa shape index (κ2) is 9.75. The van der Waals surface area contributed by atoms with Crippen LogP contribution in [-0.2, 0) is 17.6 Å². The van der Waals surface area contributed by atoms with Crippen molar-refractivity contribution in [1.29, 1.82) is 0 Å². The summed E-state index contributed by atoms with van der Waals surface area (Å²) in [7, 11) is 0. The Kier molecular flexibility index (Phi) is 6.84. The molecule has 1 atom stereocenters. The number of hydrogen-bond acceptors (Lipinski definition) is 5. The first-order valence-corrected chi connectivity index (χ1v) is 12.4.